The maximum Gasteiger partial charge on any atom is 0.263 e. The van der Waals surface area contributed by atoms with Gasteiger partial charge in [0.15, 0.2) is 0 Å². The van der Waals surface area contributed by atoms with Crippen molar-refractivity contribution in [2.45, 2.75) is 25.5 Å². The van der Waals surface area contributed by atoms with Gasteiger partial charge in [-0.1, -0.05) is 24.3 Å². The fourth-order valence-corrected chi connectivity index (χ4v) is 1.98. The lowest BCUT2D eigenvalue weighted by atomic mass is 10.1. The molecule has 88 valence electrons. The van der Waals surface area contributed by atoms with Crippen LogP contribution in [0.1, 0.15) is 24.0 Å². The van der Waals surface area contributed by atoms with Gasteiger partial charge in [-0.3, -0.25) is 4.90 Å². The fourth-order valence-electron chi connectivity index (χ4n) is 1.98. The monoisotopic (exact) mass is 227 g/mol. The van der Waals surface area contributed by atoms with Gasteiger partial charge < -0.3 is 5.11 Å². The van der Waals surface area contributed by atoms with Gasteiger partial charge in [-0.15, -0.1) is 0 Å². The molecule has 0 aromatic heterocycles. The molecule has 0 aliphatic carbocycles. The molecule has 0 radical (unpaired) electrons. The second-order valence-electron chi connectivity index (χ2n) is 4.22. The number of hydrogen-bond acceptors (Lipinski definition) is 2. The summed E-state index contributed by atoms with van der Waals surface area (Å²) >= 11 is 0. The Morgan fingerprint density at radius 2 is 2.00 bits per heavy atom. The summed E-state index contributed by atoms with van der Waals surface area (Å²) in [6, 6.07) is 6.39. The molecule has 16 heavy (non-hydrogen) atoms. The summed E-state index contributed by atoms with van der Waals surface area (Å²) in [7, 11) is 0. The highest BCUT2D eigenvalue weighted by atomic mass is 19.3. The van der Waals surface area contributed by atoms with E-state index in [0.29, 0.717) is 6.54 Å². The van der Waals surface area contributed by atoms with Crippen LogP contribution in [0.15, 0.2) is 24.3 Å². The standard InChI is InChI=1S/C12H15F2NO/c13-12(14)10-3-1-9(2-4-10)7-15-6-5-11(16)8-15/h1-4,11-12,16H,5-8H2/t11-/m0/s1. The number of β-amino-alcohol motifs (C(OH)–C–C–N with tert-alkyl or cyclic N) is 1. The minimum Gasteiger partial charge on any atom is -0.392 e. The molecule has 0 saturated carbocycles. The maximum atomic E-state index is 12.3. The van der Waals surface area contributed by atoms with E-state index in [-0.39, 0.29) is 11.7 Å². The molecule has 0 bridgehead atoms. The molecule has 1 saturated heterocycles. The lowest BCUT2D eigenvalue weighted by Crippen LogP contribution is -2.21. The number of benzene rings is 1. The van der Waals surface area contributed by atoms with E-state index in [0.717, 1.165) is 25.1 Å². The van der Waals surface area contributed by atoms with E-state index in [4.69, 9.17) is 0 Å². The van der Waals surface area contributed by atoms with Crippen molar-refractivity contribution < 1.29 is 13.9 Å². The molecule has 0 unspecified atom stereocenters. The minimum atomic E-state index is -2.40. The molecule has 2 rings (SSSR count). The number of halogens is 2. The first-order valence-electron chi connectivity index (χ1n) is 5.42. The highest BCUT2D eigenvalue weighted by Crippen LogP contribution is 2.20. The summed E-state index contributed by atoms with van der Waals surface area (Å²) < 4.78 is 24.6. The number of rotatable bonds is 3. The Labute approximate surface area is 93.5 Å². The molecule has 1 aromatic rings. The molecular weight excluding hydrogens is 212 g/mol. The van der Waals surface area contributed by atoms with Crippen molar-refractivity contribution in [2.75, 3.05) is 13.1 Å². The second kappa shape index (κ2) is 4.89. The first-order chi connectivity index (χ1) is 7.65. The SMILES string of the molecule is O[C@H]1CCN(Cc2ccc(C(F)F)cc2)C1. The van der Waals surface area contributed by atoms with Crippen molar-refractivity contribution in [1.82, 2.24) is 4.90 Å². The van der Waals surface area contributed by atoms with Crippen molar-refractivity contribution in [3.05, 3.63) is 35.4 Å². The zero-order chi connectivity index (χ0) is 11.5. The molecule has 2 nitrogen and oxygen atoms in total. The molecular formula is C12H15F2NO. The lowest BCUT2D eigenvalue weighted by Gasteiger charge is -2.14. The van der Waals surface area contributed by atoms with Crippen molar-refractivity contribution in [3.8, 4) is 0 Å². The van der Waals surface area contributed by atoms with Gasteiger partial charge in [-0.2, -0.15) is 0 Å². The molecule has 1 aliphatic rings. The third-order valence-corrected chi connectivity index (χ3v) is 2.89. The van der Waals surface area contributed by atoms with E-state index in [1.54, 1.807) is 12.1 Å². The zero-order valence-electron chi connectivity index (χ0n) is 8.94. The Hall–Kier alpha value is -1.00. The van der Waals surface area contributed by atoms with Gasteiger partial charge in [0, 0.05) is 25.2 Å². The van der Waals surface area contributed by atoms with Crippen LogP contribution in [-0.2, 0) is 6.54 Å². The van der Waals surface area contributed by atoms with Crippen LogP contribution in [0.2, 0.25) is 0 Å². The number of likely N-dealkylation sites (tertiary alicyclic amines) is 1. The first kappa shape index (κ1) is 11.5. The summed E-state index contributed by atoms with van der Waals surface area (Å²) in [6.45, 7) is 2.27. The molecule has 1 N–H and O–H groups in total. The van der Waals surface area contributed by atoms with Crippen molar-refractivity contribution >= 4 is 0 Å². The van der Waals surface area contributed by atoms with Crippen LogP contribution >= 0.6 is 0 Å². The summed E-state index contributed by atoms with van der Waals surface area (Å²) in [6.07, 6.45) is -1.84. The van der Waals surface area contributed by atoms with Gasteiger partial charge in [-0.25, -0.2) is 8.78 Å². The number of alkyl halides is 2. The van der Waals surface area contributed by atoms with Crippen LogP contribution in [0, 0.1) is 0 Å². The highest BCUT2D eigenvalue weighted by molar-refractivity contribution is 5.23. The van der Waals surface area contributed by atoms with Gasteiger partial charge in [-0.05, 0) is 12.0 Å². The Morgan fingerprint density at radius 1 is 1.31 bits per heavy atom. The number of aliphatic hydroxyl groups excluding tert-OH is 1. The van der Waals surface area contributed by atoms with Crippen molar-refractivity contribution in [1.29, 1.82) is 0 Å². The van der Waals surface area contributed by atoms with Crippen LogP contribution in [0.4, 0.5) is 8.78 Å². The number of hydrogen-bond donors (Lipinski definition) is 1. The topological polar surface area (TPSA) is 23.5 Å². The summed E-state index contributed by atoms with van der Waals surface area (Å²) in [5, 5.41) is 9.35. The summed E-state index contributed by atoms with van der Waals surface area (Å²) in [5.74, 6) is 0. The van der Waals surface area contributed by atoms with Crippen LogP contribution in [0.5, 0.6) is 0 Å². The number of aliphatic hydroxyl groups is 1. The third kappa shape index (κ3) is 2.77. The molecule has 0 spiro atoms. The normalized spacial score (nSPS) is 21.9. The lowest BCUT2D eigenvalue weighted by molar-refractivity contribution is 0.151. The van der Waals surface area contributed by atoms with E-state index < -0.39 is 6.43 Å². The average molecular weight is 227 g/mol. The van der Waals surface area contributed by atoms with Crippen molar-refractivity contribution in [2.24, 2.45) is 0 Å². The summed E-state index contributed by atoms with van der Waals surface area (Å²) in [4.78, 5) is 2.13. The molecule has 1 aliphatic heterocycles. The predicted molar refractivity (Wildman–Crippen MR) is 57.3 cm³/mol. The first-order valence-corrected chi connectivity index (χ1v) is 5.42. The van der Waals surface area contributed by atoms with E-state index in [1.165, 1.54) is 12.1 Å². The van der Waals surface area contributed by atoms with Gasteiger partial charge in [0.05, 0.1) is 6.10 Å². The highest BCUT2D eigenvalue weighted by Gasteiger charge is 2.19. The van der Waals surface area contributed by atoms with Crippen LogP contribution < -0.4 is 0 Å². The third-order valence-electron chi connectivity index (χ3n) is 2.89. The van der Waals surface area contributed by atoms with Crippen LogP contribution in [0.25, 0.3) is 0 Å². The molecule has 1 atom stereocenters. The predicted octanol–water partition coefficient (Wildman–Crippen LogP) is 2.19. The van der Waals surface area contributed by atoms with Gasteiger partial charge in [0.25, 0.3) is 6.43 Å². The van der Waals surface area contributed by atoms with E-state index in [9.17, 15) is 13.9 Å². The Kier molecular flexibility index (Phi) is 3.51. The van der Waals surface area contributed by atoms with E-state index in [1.807, 2.05) is 0 Å². The van der Waals surface area contributed by atoms with E-state index >= 15 is 0 Å². The summed E-state index contributed by atoms with van der Waals surface area (Å²) in [5.41, 5.74) is 1.07. The number of nitrogens with zero attached hydrogens (tertiary/aromatic N) is 1. The quantitative estimate of drug-likeness (QED) is 0.855. The largest absolute Gasteiger partial charge is 0.392 e. The van der Waals surface area contributed by atoms with Gasteiger partial charge in [0.1, 0.15) is 0 Å². The molecule has 0 amide bonds. The second-order valence-corrected chi connectivity index (χ2v) is 4.22. The van der Waals surface area contributed by atoms with Crippen LogP contribution in [0.3, 0.4) is 0 Å². The molecule has 1 fully saturated rings. The fraction of sp³-hybridized carbons (Fsp3) is 0.500. The van der Waals surface area contributed by atoms with Crippen molar-refractivity contribution in [3.63, 3.8) is 0 Å². The van der Waals surface area contributed by atoms with Gasteiger partial charge in [0.2, 0.25) is 0 Å². The minimum absolute atomic E-state index is 0.0604. The Bertz CT molecular complexity index is 339. The smallest absolute Gasteiger partial charge is 0.263 e. The molecule has 1 heterocycles. The maximum absolute atomic E-state index is 12.3. The van der Waals surface area contributed by atoms with E-state index in [2.05, 4.69) is 4.90 Å². The Morgan fingerprint density at radius 3 is 2.50 bits per heavy atom. The Balaban J connectivity index is 1.95. The van der Waals surface area contributed by atoms with Gasteiger partial charge >= 0.3 is 0 Å². The zero-order valence-corrected chi connectivity index (χ0v) is 8.94. The molecule has 4 heteroatoms. The van der Waals surface area contributed by atoms with Crippen LogP contribution in [-0.4, -0.2) is 29.2 Å². The average Bonchev–Trinajstić information content (AvgIpc) is 2.65. The molecule has 1 aromatic carbocycles.